The normalized spacial score (nSPS) is 11.9. The Balaban J connectivity index is 3.13. The Hall–Kier alpha value is 0.0300. The van der Waals surface area contributed by atoms with E-state index in [1.807, 2.05) is 0 Å². The van der Waals surface area contributed by atoms with Crippen LogP contribution in [-0.4, -0.2) is 34.9 Å². The van der Waals surface area contributed by atoms with Crippen LogP contribution in [0.3, 0.4) is 0 Å². The summed E-state index contributed by atoms with van der Waals surface area (Å²) in [7, 11) is -4.41. The molecular weight excluding hydrogens is 163 g/mol. The van der Waals surface area contributed by atoms with Crippen LogP contribution in [0.5, 0.6) is 0 Å². The summed E-state index contributed by atoms with van der Waals surface area (Å²) in [5, 5.41) is 8.12. The molecule has 0 amide bonds. The average molecular weight is 172 g/mol. The second-order valence-electron chi connectivity index (χ2n) is 1.37. The number of ether oxygens (including phenoxy) is 1. The first kappa shape index (κ1) is 10.0. The van der Waals surface area contributed by atoms with E-state index in [0.29, 0.717) is 0 Å². The molecule has 0 saturated heterocycles. The van der Waals surface area contributed by atoms with Crippen molar-refractivity contribution in [1.82, 2.24) is 0 Å². The summed E-state index contributed by atoms with van der Waals surface area (Å²) in [6.07, 6.45) is 0. The van der Waals surface area contributed by atoms with Gasteiger partial charge in [0.05, 0.1) is 13.2 Å². The highest BCUT2D eigenvalue weighted by molar-refractivity contribution is 7.46. The summed E-state index contributed by atoms with van der Waals surface area (Å²) >= 11 is 0. The maximum absolute atomic E-state index is 9.92. The predicted octanol–water partition coefficient (Wildman–Crippen LogP) is -0.938. The zero-order valence-electron chi connectivity index (χ0n) is 5.13. The maximum atomic E-state index is 9.92. The van der Waals surface area contributed by atoms with Crippen LogP contribution in [0.25, 0.3) is 0 Å². The van der Waals surface area contributed by atoms with Crippen molar-refractivity contribution in [3.63, 3.8) is 0 Å². The molecule has 0 aromatic rings. The van der Waals surface area contributed by atoms with Gasteiger partial charge < -0.3 is 19.6 Å². The Morgan fingerprint density at radius 2 is 2.00 bits per heavy atom. The molecule has 0 atom stereocenters. The van der Waals surface area contributed by atoms with Gasteiger partial charge in [-0.15, -0.1) is 0 Å². The average Bonchev–Trinajstić information content (AvgIpc) is 1.78. The van der Waals surface area contributed by atoms with Crippen LogP contribution in [0.4, 0.5) is 0 Å². The Kier molecular flexibility index (Phi) is 4.80. The Morgan fingerprint density at radius 1 is 1.40 bits per heavy atom. The molecule has 0 aromatic carbocycles. The zero-order valence-corrected chi connectivity index (χ0v) is 6.03. The topological polar surface area (TPSA) is 96.2 Å². The summed E-state index contributed by atoms with van der Waals surface area (Å²) in [6, 6.07) is 0. The van der Waals surface area contributed by atoms with E-state index in [1.54, 1.807) is 0 Å². The van der Waals surface area contributed by atoms with Crippen molar-refractivity contribution in [2.75, 3.05) is 20.0 Å². The van der Waals surface area contributed by atoms with Crippen LogP contribution >= 0.6 is 7.82 Å². The van der Waals surface area contributed by atoms with E-state index in [-0.39, 0.29) is 13.2 Å². The van der Waals surface area contributed by atoms with Crippen LogP contribution in [0.15, 0.2) is 0 Å². The third kappa shape index (κ3) is 8.03. The van der Waals surface area contributed by atoms with Crippen molar-refractivity contribution in [3.05, 3.63) is 0 Å². The van der Waals surface area contributed by atoms with Crippen LogP contribution in [0.2, 0.25) is 0 Å². The number of aliphatic hydroxyl groups is 1. The molecule has 0 aliphatic carbocycles. The van der Waals surface area contributed by atoms with E-state index in [1.165, 1.54) is 0 Å². The Morgan fingerprint density at radius 3 is 2.40 bits per heavy atom. The van der Waals surface area contributed by atoms with Crippen molar-refractivity contribution in [1.29, 1.82) is 0 Å². The van der Waals surface area contributed by atoms with Gasteiger partial charge in [-0.25, -0.2) is 4.57 Å². The van der Waals surface area contributed by atoms with Crippen molar-refractivity contribution in [2.24, 2.45) is 0 Å². The Bertz CT molecular complexity index is 118. The molecule has 62 valence electrons. The van der Waals surface area contributed by atoms with E-state index >= 15 is 0 Å². The third-order valence-electron chi connectivity index (χ3n) is 0.540. The number of hydrogen-bond donors (Lipinski definition) is 3. The van der Waals surface area contributed by atoms with E-state index in [2.05, 4.69) is 9.26 Å². The fraction of sp³-hybridized carbons (Fsp3) is 1.00. The second-order valence-corrected chi connectivity index (χ2v) is 2.61. The molecule has 0 unspecified atom stereocenters. The quantitative estimate of drug-likeness (QED) is 0.281. The molecule has 0 aliphatic heterocycles. The van der Waals surface area contributed by atoms with Gasteiger partial charge in [0.15, 0.2) is 6.79 Å². The summed E-state index contributed by atoms with van der Waals surface area (Å²) in [6.45, 7) is -0.713. The minimum absolute atomic E-state index is 0. The van der Waals surface area contributed by atoms with Gasteiger partial charge in [-0.3, -0.25) is 4.52 Å². The van der Waals surface area contributed by atoms with Crippen molar-refractivity contribution in [3.8, 4) is 0 Å². The minimum Gasteiger partial charge on any atom is -0.394 e. The van der Waals surface area contributed by atoms with Crippen molar-refractivity contribution < 1.29 is 28.7 Å². The SMILES string of the molecule is O=P(O)(O)OCOCCO. The van der Waals surface area contributed by atoms with Gasteiger partial charge in [0.2, 0.25) is 0 Å². The highest BCUT2D eigenvalue weighted by Gasteiger charge is 2.12. The van der Waals surface area contributed by atoms with Gasteiger partial charge >= 0.3 is 7.82 Å². The van der Waals surface area contributed by atoms with E-state index in [0.717, 1.165) is 0 Å². The summed E-state index contributed by atoms with van der Waals surface area (Å²) in [4.78, 5) is 16.1. The highest BCUT2D eigenvalue weighted by Crippen LogP contribution is 2.35. The lowest BCUT2D eigenvalue weighted by atomic mass is 10.8. The molecule has 0 heterocycles. The smallest absolute Gasteiger partial charge is 0.394 e. The first-order valence-corrected chi connectivity index (χ1v) is 3.98. The Labute approximate surface area is 57.6 Å². The molecule has 0 rings (SSSR count). The molecule has 0 fully saturated rings. The lowest BCUT2D eigenvalue weighted by Crippen LogP contribution is -2.02. The largest absolute Gasteiger partial charge is 0.471 e. The second kappa shape index (κ2) is 4.79. The van der Waals surface area contributed by atoms with Crippen molar-refractivity contribution >= 4 is 7.82 Å². The highest BCUT2D eigenvalue weighted by atomic mass is 31.2. The fourth-order valence-corrected chi connectivity index (χ4v) is 0.441. The van der Waals surface area contributed by atoms with Crippen molar-refractivity contribution in [2.45, 2.75) is 0 Å². The maximum Gasteiger partial charge on any atom is 0.471 e. The molecular formula is C3H9O6P. The van der Waals surface area contributed by atoms with Gasteiger partial charge in [0, 0.05) is 0 Å². The first-order chi connectivity index (χ1) is 4.56. The van der Waals surface area contributed by atoms with Crippen LogP contribution in [0, 0.1) is 0 Å². The standard InChI is InChI=1S/C3H9O6P/c4-1-2-8-3-9-10(5,6)7/h4H,1-3H2,(H2,5,6,7). The van der Waals surface area contributed by atoms with E-state index < -0.39 is 14.6 Å². The molecule has 0 aliphatic rings. The fourth-order valence-electron chi connectivity index (χ4n) is 0.229. The zero-order chi connectivity index (χ0) is 8.04. The molecule has 0 radical (unpaired) electrons. The molecule has 3 N–H and O–H groups in total. The predicted molar refractivity (Wildman–Crippen MR) is 31.0 cm³/mol. The van der Waals surface area contributed by atoms with Crippen LogP contribution in [0.1, 0.15) is 0 Å². The number of rotatable bonds is 5. The van der Waals surface area contributed by atoms with Gasteiger partial charge in [-0.05, 0) is 0 Å². The molecule has 0 aromatic heterocycles. The first-order valence-electron chi connectivity index (χ1n) is 2.45. The van der Waals surface area contributed by atoms with Gasteiger partial charge in [-0.2, -0.15) is 0 Å². The summed E-state index contributed by atoms with van der Waals surface area (Å²) in [5.41, 5.74) is 0. The number of phosphoric acid groups is 1. The summed E-state index contributed by atoms with van der Waals surface area (Å²) < 4.78 is 18.2. The van der Waals surface area contributed by atoms with Crippen LogP contribution in [-0.2, 0) is 13.8 Å². The molecule has 0 spiro atoms. The summed E-state index contributed by atoms with van der Waals surface area (Å²) in [5.74, 6) is 0. The van der Waals surface area contributed by atoms with Gasteiger partial charge in [0.25, 0.3) is 0 Å². The lowest BCUT2D eigenvalue weighted by molar-refractivity contribution is -0.0151. The minimum atomic E-state index is -4.41. The molecule has 0 bridgehead atoms. The number of phosphoric ester groups is 1. The van der Waals surface area contributed by atoms with Gasteiger partial charge in [0.1, 0.15) is 0 Å². The molecule has 0 saturated carbocycles. The number of aliphatic hydroxyl groups excluding tert-OH is 1. The van der Waals surface area contributed by atoms with E-state index in [9.17, 15) is 4.57 Å². The van der Waals surface area contributed by atoms with Crippen LogP contribution < -0.4 is 0 Å². The number of hydrogen-bond acceptors (Lipinski definition) is 4. The third-order valence-corrected chi connectivity index (χ3v) is 0.982. The molecule has 6 nitrogen and oxygen atoms in total. The monoisotopic (exact) mass is 172 g/mol. The molecule has 7 heteroatoms. The lowest BCUT2D eigenvalue weighted by Gasteiger charge is -2.03. The van der Waals surface area contributed by atoms with E-state index in [4.69, 9.17) is 14.9 Å². The van der Waals surface area contributed by atoms with Gasteiger partial charge in [-0.1, -0.05) is 0 Å². The molecule has 10 heavy (non-hydrogen) atoms.